The Morgan fingerprint density at radius 3 is 2.55 bits per heavy atom. The number of benzene rings is 1. The minimum absolute atomic E-state index is 0.0379. The minimum atomic E-state index is -0.661. The molecule has 4 aliphatic carbocycles. The molecule has 4 saturated carbocycles. The fourth-order valence-electron chi connectivity index (χ4n) is 8.67. The molecule has 5 rings (SSSR count). The number of hydrogen-bond acceptors (Lipinski definition) is 3. The number of hydrogen-bond donors (Lipinski definition) is 1. The smallest absolute Gasteiger partial charge is 0.331 e. The lowest BCUT2D eigenvalue weighted by atomic mass is 9.40. The van der Waals surface area contributed by atoms with Crippen molar-refractivity contribution in [2.45, 2.75) is 71.3 Å². The van der Waals surface area contributed by atoms with Gasteiger partial charge in [-0.25, -0.2) is 4.79 Å². The Balaban J connectivity index is 1.44. The Labute approximate surface area is 197 Å². The summed E-state index contributed by atoms with van der Waals surface area (Å²) in [6, 6.07) is 9.78. The normalized spacial score (nSPS) is 41.9. The Hall–Kier alpha value is -2.36. The van der Waals surface area contributed by atoms with Crippen LogP contribution in [0.4, 0.5) is 0 Å². The maximum atomic E-state index is 12.9. The number of aliphatic carboxylic acids is 1. The van der Waals surface area contributed by atoms with E-state index in [1.54, 1.807) is 6.08 Å². The fourth-order valence-corrected chi connectivity index (χ4v) is 8.67. The standard InChI is InChI=1S/C29H36O4/c1-19-21-11-12-23-27(2)15-7-16-28(3,26(31)32)22(27)14-17-29(23,18-21)25(19)33-24(30)13-10-20-8-5-4-6-9-20/h4-6,8-10,13,21-23,25H,1,7,11-12,14-18H2,2-3H3,(H,31,32)/t21-,22+,23-,25+,27-,28-,29-/m1/s1. The molecule has 0 heterocycles. The van der Waals surface area contributed by atoms with Crippen molar-refractivity contribution in [1.82, 2.24) is 0 Å². The predicted octanol–water partition coefficient (Wildman–Crippen LogP) is 6.28. The molecule has 4 heteroatoms. The van der Waals surface area contributed by atoms with Crippen molar-refractivity contribution >= 4 is 18.0 Å². The van der Waals surface area contributed by atoms with Gasteiger partial charge >= 0.3 is 11.9 Å². The summed E-state index contributed by atoms with van der Waals surface area (Å²) in [7, 11) is 0. The van der Waals surface area contributed by atoms with Gasteiger partial charge in [0.1, 0.15) is 6.10 Å². The molecule has 4 nitrogen and oxygen atoms in total. The molecule has 0 aromatic heterocycles. The topological polar surface area (TPSA) is 63.6 Å². The quantitative estimate of drug-likeness (QED) is 0.335. The number of carboxylic acids is 1. The van der Waals surface area contributed by atoms with Gasteiger partial charge in [0, 0.05) is 11.5 Å². The van der Waals surface area contributed by atoms with Crippen LogP contribution in [0.2, 0.25) is 0 Å². The van der Waals surface area contributed by atoms with Crippen molar-refractivity contribution in [2.75, 3.05) is 0 Å². The van der Waals surface area contributed by atoms with Crippen LogP contribution in [0, 0.1) is 34.0 Å². The highest BCUT2D eigenvalue weighted by atomic mass is 16.5. The summed E-state index contributed by atoms with van der Waals surface area (Å²) in [6.07, 6.45) is 10.9. The Morgan fingerprint density at radius 1 is 1.06 bits per heavy atom. The summed E-state index contributed by atoms with van der Waals surface area (Å²) in [6.45, 7) is 8.74. The number of ether oxygens (including phenoxy) is 1. The molecule has 2 bridgehead atoms. The van der Waals surface area contributed by atoms with Crippen LogP contribution in [0.25, 0.3) is 6.08 Å². The van der Waals surface area contributed by atoms with Crippen LogP contribution < -0.4 is 0 Å². The second kappa shape index (κ2) is 7.85. The van der Waals surface area contributed by atoms with Crippen LogP contribution in [0.5, 0.6) is 0 Å². The van der Waals surface area contributed by atoms with Gasteiger partial charge in [0.05, 0.1) is 5.41 Å². The number of fused-ring (bicyclic) bond motifs is 3. The largest absolute Gasteiger partial charge is 0.481 e. The molecule has 7 atom stereocenters. The maximum Gasteiger partial charge on any atom is 0.331 e. The number of carbonyl (C=O) groups excluding carboxylic acids is 1. The van der Waals surface area contributed by atoms with Crippen molar-refractivity contribution in [3.8, 4) is 0 Å². The molecule has 0 amide bonds. The predicted molar refractivity (Wildman–Crippen MR) is 128 cm³/mol. The molecule has 1 N–H and O–H groups in total. The average molecular weight is 449 g/mol. The summed E-state index contributed by atoms with van der Waals surface area (Å²) in [5.41, 5.74) is 1.25. The van der Waals surface area contributed by atoms with E-state index in [4.69, 9.17) is 4.74 Å². The molecule has 0 saturated heterocycles. The molecule has 4 fully saturated rings. The molecule has 1 aromatic rings. The second-order valence-electron chi connectivity index (χ2n) is 11.6. The van der Waals surface area contributed by atoms with E-state index in [1.165, 1.54) is 6.08 Å². The van der Waals surface area contributed by atoms with Gasteiger partial charge in [-0.1, -0.05) is 50.3 Å². The number of esters is 1. The van der Waals surface area contributed by atoms with Gasteiger partial charge < -0.3 is 9.84 Å². The zero-order valence-electron chi connectivity index (χ0n) is 19.9. The Kier molecular flexibility index (Phi) is 5.34. The van der Waals surface area contributed by atoms with Gasteiger partial charge in [-0.05, 0) is 92.3 Å². The zero-order chi connectivity index (χ0) is 23.4. The first-order valence-corrected chi connectivity index (χ1v) is 12.6. The average Bonchev–Trinajstić information content (AvgIpc) is 2.98. The lowest BCUT2D eigenvalue weighted by Crippen LogP contribution is -2.60. The summed E-state index contributed by atoms with van der Waals surface area (Å²) in [4.78, 5) is 25.3. The number of carboxylic acid groups (broad SMARTS) is 1. The highest BCUT2D eigenvalue weighted by Crippen LogP contribution is 2.72. The van der Waals surface area contributed by atoms with Crippen LogP contribution in [-0.2, 0) is 14.3 Å². The van der Waals surface area contributed by atoms with Crippen LogP contribution in [0.15, 0.2) is 48.6 Å². The molecule has 1 spiro atoms. The minimum Gasteiger partial charge on any atom is -0.481 e. The molecule has 0 radical (unpaired) electrons. The number of carbonyl (C=O) groups is 2. The molecule has 1 aromatic carbocycles. The van der Waals surface area contributed by atoms with E-state index in [2.05, 4.69) is 13.5 Å². The maximum absolute atomic E-state index is 12.9. The summed E-state index contributed by atoms with van der Waals surface area (Å²) < 4.78 is 6.20. The van der Waals surface area contributed by atoms with Gasteiger partial charge in [-0.15, -0.1) is 0 Å². The molecular formula is C29H36O4. The van der Waals surface area contributed by atoms with E-state index in [0.717, 1.165) is 62.5 Å². The summed E-state index contributed by atoms with van der Waals surface area (Å²) >= 11 is 0. The van der Waals surface area contributed by atoms with Crippen LogP contribution in [0.1, 0.15) is 70.8 Å². The molecule has 4 aliphatic rings. The highest BCUT2D eigenvalue weighted by Gasteiger charge is 2.68. The van der Waals surface area contributed by atoms with Crippen molar-refractivity contribution in [1.29, 1.82) is 0 Å². The molecular weight excluding hydrogens is 412 g/mol. The van der Waals surface area contributed by atoms with Crippen molar-refractivity contribution in [2.24, 2.45) is 34.0 Å². The zero-order valence-corrected chi connectivity index (χ0v) is 19.9. The molecule has 176 valence electrons. The monoisotopic (exact) mass is 448 g/mol. The van der Waals surface area contributed by atoms with Gasteiger partial charge in [0.15, 0.2) is 0 Å². The van der Waals surface area contributed by atoms with Gasteiger partial charge in [-0.2, -0.15) is 0 Å². The molecule has 33 heavy (non-hydrogen) atoms. The van der Waals surface area contributed by atoms with E-state index in [1.807, 2.05) is 37.3 Å². The van der Waals surface area contributed by atoms with Crippen LogP contribution in [0.3, 0.4) is 0 Å². The lowest BCUT2D eigenvalue weighted by Gasteiger charge is -2.63. The fraction of sp³-hybridized carbons (Fsp3) is 0.586. The van der Waals surface area contributed by atoms with E-state index in [9.17, 15) is 14.7 Å². The van der Waals surface area contributed by atoms with E-state index in [-0.39, 0.29) is 28.8 Å². The third kappa shape index (κ3) is 3.32. The van der Waals surface area contributed by atoms with Crippen molar-refractivity contribution in [3.63, 3.8) is 0 Å². The second-order valence-corrected chi connectivity index (χ2v) is 11.6. The highest BCUT2D eigenvalue weighted by molar-refractivity contribution is 5.87. The summed E-state index contributed by atoms with van der Waals surface area (Å²) in [5, 5.41) is 10.2. The first-order chi connectivity index (χ1) is 15.7. The van der Waals surface area contributed by atoms with Crippen LogP contribution >= 0.6 is 0 Å². The number of rotatable bonds is 4. The first kappa shape index (κ1) is 22.4. The third-order valence-corrected chi connectivity index (χ3v) is 10.1. The third-order valence-electron chi connectivity index (χ3n) is 10.1. The van der Waals surface area contributed by atoms with Gasteiger partial charge in [0.25, 0.3) is 0 Å². The molecule has 0 aliphatic heterocycles. The van der Waals surface area contributed by atoms with Crippen molar-refractivity contribution in [3.05, 3.63) is 54.1 Å². The van der Waals surface area contributed by atoms with E-state index >= 15 is 0 Å². The first-order valence-electron chi connectivity index (χ1n) is 12.6. The van der Waals surface area contributed by atoms with Crippen molar-refractivity contribution < 1.29 is 19.4 Å². The van der Waals surface area contributed by atoms with Gasteiger partial charge in [0.2, 0.25) is 0 Å². The van der Waals surface area contributed by atoms with E-state index < -0.39 is 11.4 Å². The van der Waals surface area contributed by atoms with Crippen LogP contribution in [-0.4, -0.2) is 23.1 Å². The molecule has 0 unspecified atom stereocenters. The Bertz CT molecular complexity index is 996. The summed E-state index contributed by atoms with van der Waals surface area (Å²) in [5.74, 6) is -0.00242. The SMILES string of the molecule is C=C1[C@@H]2CC[C@@H]3[C@]4(C)CCC[C@@](C)(C(=O)O)[C@H]4CC[C@]3(C2)[C@H]1OC(=O)C=Cc1ccccc1. The van der Waals surface area contributed by atoms with Gasteiger partial charge in [-0.3, -0.25) is 4.79 Å². The lowest BCUT2D eigenvalue weighted by molar-refractivity contribution is -0.195. The Morgan fingerprint density at radius 2 is 1.82 bits per heavy atom. The van der Waals surface area contributed by atoms with E-state index in [0.29, 0.717) is 11.8 Å².